The monoisotopic (exact) mass is 268 g/mol. The predicted molar refractivity (Wildman–Crippen MR) is 69.4 cm³/mol. The van der Waals surface area contributed by atoms with E-state index in [9.17, 15) is 13.2 Å². The smallest absolute Gasteiger partial charge is 0.247 e. The maximum atomic E-state index is 12.1. The number of nitrogens with two attached hydrogens (primary N) is 1. The summed E-state index contributed by atoms with van der Waals surface area (Å²) in [6.07, 6.45) is 0. The van der Waals surface area contributed by atoms with Crippen LogP contribution in [-0.4, -0.2) is 20.1 Å². The Hall–Kier alpha value is -1.40. The van der Waals surface area contributed by atoms with Gasteiger partial charge < -0.3 is 5.73 Å². The van der Waals surface area contributed by atoms with Crippen molar-refractivity contribution in [3.63, 3.8) is 0 Å². The molecule has 1 fully saturated rings. The zero-order valence-electron chi connectivity index (χ0n) is 10.4. The van der Waals surface area contributed by atoms with E-state index in [2.05, 4.69) is 0 Å². The number of rotatable bonds is 2. The lowest BCUT2D eigenvalue weighted by molar-refractivity contribution is -0.123. The third-order valence-corrected chi connectivity index (χ3v) is 5.01. The second kappa shape index (κ2) is 4.07. The maximum Gasteiger partial charge on any atom is 0.247 e. The number of benzene rings is 1. The van der Waals surface area contributed by atoms with Crippen molar-refractivity contribution >= 4 is 21.6 Å². The molecule has 6 heteroatoms. The normalized spacial score (nSPS) is 21.3. The largest absolute Gasteiger partial charge is 0.326 e. The fourth-order valence-electron chi connectivity index (χ4n) is 2.03. The van der Waals surface area contributed by atoms with E-state index in [1.165, 1.54) is 0 Å². The molecule has 0 saturated carbocycles. The van der Waals surface area contributed by atoms with Crippen molar-refractivity contribution in [2.75, 3.05) is 10.1 Å². The Labute approximate surface area is 107 Å². The molecule has 2 N–H and O–H groups in total. The van der Waals surface area contributed by atoms with Crippen LogP contribution < -0.4 is 10.0 Å². The second-order valence-corrected chi connectivity index (χ2v) is 6.90. The molecule has 0 aliphatic carbocycles. The third-order valence-electron chi connectivity index (χ3n) is 2.99. The van der Waals surface area contributed by atoms with E-state index < -0.39 is 15.4 Å². The summed E-state index contributed by atoms with van der Waals surface area (Å²) in [5.74, 6) is -0.541. The van der Waals surface area contributed by atoms with Crippen LogP contribution in [0, 0.1) is 5.41 Å². The molecule has 1 aliphatic rings. The SMILES string of the molecule is CC1(C)CS(=O)(=O)N(c2ccc(CN)cc2)C1=O. The molecule has 1 aliphatic heterocycles. The van der Waals surface area contributed by atoms with Crippen LogP contribution in [0.3, 0.4) is 0 Å². The first-order valence-electron chi connectivity index (χ1n) is 5.64. The van der Waals surface area contributed by atoms with Gasteiger partial charge in [-0.3, -0.25) is 4.79 Å². The zero-order valence-corrected chi connectivity index (χ0v) is 11.2. The highest BCUT2D eigenvalue weighted by Crippen LogP contribution is 2.35. The number of anilines is 1. The highest BCUT2D eigenvalue weighted by atomic mass is 32.2. The van der Waals surface area contributed by atoms with E-state index in [4.69, 9.17) is 5.73 Å². The summed E-state index contributed by atoms with van der Waals surface area (Å²) in [5, 5.41) is 0. The molecular weight excluding hydrogens is 252 g/mol. The minimum atomic E-state index is -3.56. The molecule has 0 bridgehead atoms. The molecule has 1 heterocycles. The van der Waals surface area contributed by atoms with Gasteiger partial charge in [0.15, 0.2) is 0 Å². The summed E-state index contributed by atoms with van der Waals surface area (Å²) in [6.45, 7) is 3.66. The van der Waals surface area contributed by atoms with Gasteiger partial charge in [-0.1, -0.05) is 12.1 Å². The predicted octanol–water partition coefficient (Wildman–Crippen LogP) is 0.848. The van der Waals surface area contributed by atoms with Crippen LogP contribution in [0.5, 0.6) is 0 Å². The number of carbonyl (C=O) groups is 1. The topological polar surface area (TPSA) is 80.5 Å². The molecule has 5 nitrogen and oxygen atoms in total. The van der Waals surface area contributed by atoms with Crippen LogP contribution in [-0.2, 0) is 21.4 Å². The highest BCUT2D eigenvalue weighted by molar-refractivity contribution is 7.94. The first-order chi connectivity index (χ1) is 8.28. The summed E-state index contributed by atoms with van der Waals surface area (Å²) in [4.78, 5) is 12.1. The Kier molecular flexibility index (Phi) is 2.95. The third kappa shape index (κ3) is 2.02. The van der Waals surface area contributed by atoms with E-state index in [-0.39, 0.29) is 11.7 Å². The number of hydrogen-bond donors (Lipinski definition) is 1. The zero-order chi connectivity index (χ0) is 13.6. The van der Waals surface area contributed by atoms with Gasteiger partial charge in [0.1, 0.15) is 0 Å². The Morgan fingerprint density at radius 2 is 1.83 bits per heavy atom. The van der Waals surface area contributed by atoms with Crippen LogP contribution in [0.1, 0.15) is 19.4 Å². The van der Waals surface area contributed by atoms with Crippen molar-refractivity contribution in [1.29, 1.82) is 0 Å². The van der Waals surface area contributed by atoms with Gasteiger partial charge >= 0.3 is 0 Å². The molecule has 1 amide bonds. The highest BCUT2D eigenvalue weighted by Gasteiger charge is 2.49. The molecule has 1 aromatic carbocycles. The number of amides is 1. The van der Waals surface area contributed by atoms with E-state index in [0.29, 0.717) is 12.2 Å². The summed E-state index contributed by atoms with van der Waals surface area (Å²) in [5.41, 5.74) is 5.88. The van der Waals surface area contributed by atoms with Gasteiger partial charge in [0, 0.05) is 6.54 Å². The Morgan fingerprint density at radius 1 is 1.28 bits per heavy atom. The van der Waals surface area contributed by atoms with Crippen LogP contribution in [0.25, 0.3) is 0 Å². The minimum absolute atomic E-state index is 0.155. The molecular formula is C12H16N2O3S. The van der Waals surface area contributed by atoms with Gasteiger partial charge in [0.05, 0.1) is 16.9 Å². The lowest BCUT2D eigenvalue weighted by Gasteiger charge is -2.17. The van der Waals surface area contributed by atoms with Gasteiger partial charge in [-0.2, -0.15) is 0 Å². The van der Waals surface area contributed by atoms with E-state index in [1.54, 1.807) is 38.1 Å². The number of carbonyl (C=O) groups excluding carboxylic acids is 1. The first kappa shape index (κ1) is 13.0. The van der Waals surface area contributed by atoms with Gasteiger partial charge in [0.25, 0.3) is 0 Å². The fourth-order valence-corrected chi connectivity index (χ4v) is 4.14. The summed E-state index contributed by atoms with van der Waals surface area (Å²) in [6, 6.07) is 6.67. The lowest BCUT2D eigenvalue weighted by Crippen LogP contribution is -2.32. The molecule has 1 aromatic rings. The van der Waals surface area contributed by atoms with Crippen LogP contribution in [0.4, 0.5) is 5.69 Å². The summed E-state index contributed by atoms with van der Waals surface area (Å²) >= 11 is 0. The van der Waals surface area contributed by atoms with E-state index >= 15 is 0 Å². The summed E-state index contributed by atoms with van der Waals surface area (Å²) in [7, 11) is -3.56. The lowest BCUT2D eigenvalue weighted by atomic mass is 9.95. The maximum absolute atomic E-state index is 12.1. The fraction of sp³-hybridized carbons (Fsp3) is 0.417. The summed E-state index contributed by atoms with van der Waals surface area (Å²) < 4.78 is 24.9. The molecule has 1 saturated heterocycles. The number of sulfonamides is 1. The molecule has 0 unspecified atom stereocenters. The van der Waals surface area contributed by atoms with Crippen molar-refractivity contribution in [2.45, 2.75) is 20.4 Å². The van der Waals surface area contributed by atoms with Crippen molar-refractivity contribution in [3.8, 4) is 0 Å². The van der Waals surface area contributed by atoms with Gasteiger partial charge in [-0.05, 0) is 31.5 Å². The Balaban J connectivity index is 2.46. The van der Waals surface area contributed by atoms with E-state index in [1.807, 2.05) is 0 Å². The first-order valence-corrected chi connectivity index (χ1v) is 7.25. The average molecular weight is 268 g/mol. The van der Waals surface area contributed by atoms with Crippen molar-refractivity contribution < 1.29 is 13.2 Å². The van der Waals surface area contributed by atoms with Crippen LogP contribution in [0.15, 0.2) is 24.3 Å². The van der Waals surface area contributed by atoms with Gasteiger partial charge in [-0.25, -0.2) is 12.7 Å². The van der Waals surface area contributed by atoms with E-state index in [0.717, 1.165) is 9.87 Å². The van der Waals surface area contributed by atoms with Crippen LogP contribution >= 0.6 is 0 Å². The minimum Gasteiger partial charge on any atom is -0.326 e. The molecule has 2 rings (SSSR count). The molecule has 18 heavy (non-hydrogen) atoms. The van der Waals surface area contributed by atoms with Crippen molar-refractivity contribution in [2.24, 2.45) is 11.1 Å². The molecule has 0 spiro atoms. The van der Waals surface area contributed by atoms with Crippen LogP contribution in [0.2, 0.25) is 0 Å². The van der Waals surface area contributed by atoms with Crippen molar-refractivity contribution in [1.82, 2.24) is 0 Å². The molecule has 0 radical (unpaired) electrons. The molecule has 98 valence electrons. The number of hydrogen-bond acceptors (Lipinski definition) is 4. The number of nitrogens with zero attached hydrogens (tertiary/aromatic N) is 1. The Morgan fingerprint density at radius 3 is 2.22 bits per heavy atom. The molecule has 0 atom stereocenters. The van der Waals surface area contributed by atoms with Gasteiger partial charge in [-0.15, -0.1) is 0 Å². The second-order valence-electron chi connectivity index (χ2n) is 5.08. The quantitative estimate of drug-likeness (QED) is 0.862. The van der Waals surface area contributed by atoms with Crippen molar-refractivity contribution in [3.05, 3.63) is 29.8 Å². The van der Waals surface area contributed by atoms with Gasteiger partial charge in [0.2, 0.25) is 15.9 Å². The molecule has 0 aromatic heterocycles. The average Bonchev–Trinajstić information content (AvgIpc) is 2.44. The standard InChI is InChI=1S/C12H16N2O3S/c1-12(2)8-18(16,17)14(11(12)15)10-5-3-9(7-13)4-6-10/h3-6H,7-8,13H2,1-2H3. The Bertz CT molecular complexity index is 576.